The van der Waals surface area contributed by atoms with Gasteiger partial charge in [0, 0.05) is 24.0 Å². The van der Waals surface area contributed by atoms with Gasteiger partial charge in [0.2, 0.25) is 0 Å². The quantitative estimate of drug-likeness (QED) is 0.671. The van der Waals surface area contributed by atoms with E-state index in [1.807, 2.05) is 62.4 Å². The van der Waals surface area contributed by atoms with Crippen LogP contribution in [0, 0.1) is 13.8 Å². The number of anilines is 2. The number of hydrogen-bond donors (Lipinski definition) is 1. The number of rotatable bonds is 6. The molecule has 0 fully saturated rings. The number of nitrogens with one attached hydrogen (secondary N) is 1. The first-order valence-corrected chi connectivity index (χ1v) is 9.37. The molecule has 3 aromatic rings. The predicted molar refractivity (Wildman–Crippen MR) is 116 cm³/mol. The van der Waals surface area contributed by atoms with Crippen LogP contribution in [0.1, 0.15) is 21.5 Å². The average Bonchev–Trinajstić information content (AvgIpc) is 2.74. The molecule has 1 N–H and O–H groups in total. The first-order chi connectivity index (χ1) is 13.9. The molecule has 0 bridgehead atoms. The summed E-state index contributed by atoms with van der Waals surface area (Å²) in [7, 11) is 1.73. The second kappa shape index (κ2) is 9.06. The van der Waals surface area contributed by atoms with E-state index in [9.17, 15) is 9.59 Å². The maximum absolute atomic E-state index is 12.6. The molecule has 0 saturated heterocycles. The highest BCUT2D eigenvalue weighted by molar-refractivity contribution is 6.06. The van der Waals surface area contributed by atoms with Crippen molar-refractivity contribution < 1.29 is 14.3 Å². The SMILES string of the molecule is Cc1ccc(OCC(=O)Nc2ccc(C(=O)N(C)c3ccccc3)cc2)cc1C. The number of amides is 2. The third kappa shape index (κ3) is 5.23. The van der Waals surface area contributed by atoms with E-state index in [4.69, 9.17) is 4.74 Å². The summed E-state index contributed by atoms with van der Waals surface area (Å²) in [6.45, 7) is 3.94. The monoisotopic (exact) mass is 388 g/mol. The van der Waals surface area contributed by atoms with Gasteiger partial charge in [-0.15, -0.1) is 0 Å². The molecule has 0 atom stereocenters. The molecule has 5 nitrogen and oxygen atoms in total. The van der Waals surface area contributed by atoms with Crippen molar-refractivity contribution >= 4 is 23.2 Å². The summed E-state index contributed by atoms with van der Waals surface area (Å²) in [6.07, 6.45) is 0. The zero-order valence-electron chi connectivity index (χ0n) is 16.8. The van der Waals surface area contributed by atoms with E-state index in [0.717, 1.165) is 11.3 Å². The highest BCUT2D eigenvalue weighted by Gasteiger charge is 2.13. The van der Waals surface area contributed by atoms with Crippen LogP contribution in [0.4, 0.5) is 11.4 Å². The Bertz CT molecular complexity index is 998. The van der Waals surface area contributed by atoms with Gasteiger partial charge in [0.25, 0.3) is 11.8 Å². The Kier molecular flexibility index (Phi) is 6.29. The van der Waals surface area contributed by atoms with Crippen molar-refractivity contribution in [1.29, 1.82) is 0 Å². The second-order valence-electron chi connectivity index (χ2n) is 6.86. The first-order valence-electron chi connectivity index (χ1n) is 9.37. The molecule has 148 valence electrons. The van der Waals surface area contributed by atoms with Gasteiger partial charge in [-0.2, -0.15) is 0 Å². The molecule has 2 amide bonds. The number of carbonyl (C=O) groups is 2. The molecule has 0 spiro atoms. The van der Waals surface area contributed by atoms with Gasteiger partial charge in [0.05, 0.1) is 0 Å². The van der Waals surface area contributed by atoms with Gasteiger partial charge in [-0.25, -0.2) is 0 Å². The maximum Gasteiger partial charge on any atom is 0.262 e. The zero-order valence-corrected chi connectivity index (χ0v) is 16.8. The third-order valence-electron chi connectivity index (χ3n) is 4.71. The van der Waals surface area contributed by atoms with E-state index in [0.29, 0.717) is 17.0 Å². The second-order valence-corrected chi connectivity index (χ2v) is 6.86. The van der Waals surface area contributed by atoms with E-state index < -0.39 is 0 Å². The minimum Gasteiger partial charge on any atom is -0.484 e. The van der Waals surface area contributed by atoms with Crippen LogP contribution in [0.3, 0.4) is 0 Å². The fourth-order valence-corrected chi connectivity index (χ4v) is 2.81. The van der Waals surface area contributed by atoms with Crippen molar-refractivity contribution in [3.05, 3.63) is 89.5 Å². The molecule has 0 unspecified atom stereocenters. The molecule has 3 aromatic carbocycles. The predicted octanol–water partition coefficient (Wildman–Crippen LogP) is 4.60. The third-order valence-corrected chi connectivity index (χ3v) is 4.71. The van der Waals surface area contributed by atoms with Crippen LogP contribution in [0.2, 0.25) is 0 Å². The summed E-state index contributed by atoms with van der Waals surface area (Å²) in [6, 6.07) is 22.0. The summed E-state index contributed by atoms with van der Waals surface area (Å²) < 4.78 is 5.55. The lowest BCUT2D eigenvalue weighted by Crippen LogP contribution is -2.26. The lowest BCUT2D eigenvalue weighted by atomic mass is 10.1. The molecule has 0 aromatic heterocycles. The molecule has 0 radical (unpaired) electrons. The minimum atomic E-state index is -0.260. The van der Waals surface area contributed by atoms with Gasteiger partial charge < -0.3 is 15.0 Å². The Hall–Kier alpha value is -3.60. The average molecular weight is 388 g/mol. The van der Waals surface area contributed by atoms with Crippen molar-refractivity contribution in [1.82, 2.24) is 0 Å². The van der Waals surface area contributed by atoms with Crippen LogP contribution < -0.4 is 15.0 Å². The highest BCUT2D eigenvalue weighted by atomic mass is 16.5. The summed E-state index contributed by atoms with van der Waals surface area (Å²) >= 11 is 0. The van der Waals surface area contributed by atoms with Gasteiger partial charge in [-0.05, 0) is 73.5 Å². The molecular formula is C24H24N2O3. The van der Waals surface area contributed by atoms with Crippen LogP contribution >= 0.6 is 0 Å². The van der Waals surface area contributed by atoms with E-state index in [2.05, 4.69) is 5.32 Å². The summed E-state index contributed by atoms with van der Waals surface area (Å²) in [5, 5.41) is 2.78. The molecular weight excluding hydrogens is 364 g/mol. The summed E-state index contributed by atoms with van der Waals surface area (Å²) in [4.78, 5) is 26.3. The first kappa shape index (κ1) is 20.1. The lowest BCUT2D eigenvalue weighted by Gasteiger charge is -2.17. The molecule has 5 heteroatoms. The van der Waals surface area contributed by atoms with Crippen molar-refractivity contribution in [2.45, 2.75) is 13.8 Å². The number of ether oxygens (including phenoxy) is 1. The van der Waals surface area contributed by atoms with Gasteiger partial charge in [0.15, 0.2) is 6.61 Å². The Morgan fingerprint density at radius 2 is 1.59 bits per heavy atom. The molecule has 29 heavy (non-hydrogen) atoms. The number of carbonyl (C=O) groups excluding carboxylic acids is 2. The fraction of sp³-hybridized carbons (Fsp3) is 0.167. The number of para-hydroxylation sites is 1. The normalized spacial score (nSPS) is 10.3. The smallest absolute Gasteiger partial charge is 0.262 e. The van der Waals surface area contributed by atoms with E-state index in [1.54, 1.807) is 36.2 Å². The standard InChI is InChI=1S/C24H24N2O3/c1-17-9-14-22(15-18(17)2)29-16-23(27)25-20-12-10-19(11-13-20)24(28)26(3)21-7-5-4-6-8-21/h4-15H,16H2,1-3H3,(H,25,27). The van der Waals surface area contributed by atoms with Gasteiger partial charge in [-0.1, -0.05) is 24.3 Å². The number of aryl methyl sites for hydroxylation is 2. The van der Waals surface area contributed by atoms with E-state index in [1.165, 1.54) is 5.56 Å². The van der Waals surface area contributed by atoms with Crippen molar-refractivity contribution in [2.75, 3.05) is 23.9 Å². The van der Waals surface area contributed by atoms with Crippen molar-refractivity contribution in [3.8, 4) is 5.75 Å². The topological polar surface area (TPSA) is 58.6 Å². The Labute approximate surface area is 170 Å². The number of nitrogens with zero attached hydrogens (tertiary/aromatic N) is 1. The van der Waals surface area contributed by atoms with Crippen LogP contribution in [0.15, 0.2) is 72.8 Å². The van der Waals surface area contributed by atoms with E-state index >= 15 is 0 Å². The Morgan fingerprint density at radius 1 is 0.897 bits per heavy atom. The molecule has 0 saturated carbocycles. The van der Waals surface area contributed by atoms with Crippen LogP contribution in [0.25, 0.3) is 0 Å². The van der Waals surface area contributed by atoms with Gasteiger partial charge in [-0.3, -0.25) is 9.59 Å². The highest BCUT2D eigenvalue weighted by Crippen LogP contribution is 2.18. The lowest BCUT2D eigenvalue weighted by molar-refractivity contribution is -0.118. The molecule has 0 aliphatic carbocycles. The van der Waals surface area contributed by atoms with Crippen molar-refractivity contribution in [3.63, 3.8) is 0 Å². The summed E-state index contributed by atoms with van der Waals surface area (Å²) in [5.41, 5.74) is 4.26. The molecule has 0 aliphatic rings. The largest absolute Gasteiger partial charge is 0.484 e. The Morgan fingerprint density at radius 3 is 2.24 bits per heavy atom. The Balaban J connectivity index is 1.56. The van der Waals surface area contributed by atoms with E-state index in [-0.39, 0.29) is 18.4 Å². The number of hydrogen-bond acceptors (Lipinski definition) is 3. The summed E-state index contributed by atoms with van der Waals surface area (Å²) in [5.74, 6) is 0.281. The molecule has 0 heterocycles. The number of benzene rings is 3. The molecule has 3 rings (SSSR count). The van der Waals surface area contributed by atoms with Crippen LogP contribution in [-0.4, -0.2) is 25.5 Å². The van der Waals surface area contributed by atoms with Gasteiger partial charge >= 0.3 is 0 Å². The van der Waals surface area contributed by atoms with Crippen LogP contribution in [0.5, 0.6) is 5.75 Å². The minimum absolute atomic E-state index is 0.0834. The fourth-order valence-electron chi connectivity index (χ4n) is 2.81. The van der Waals surface area contributed by atoms with Crippen LogP contribution in [-0.2, 0) is 4.79 Å². The zero-order chi connectivity index (χ0) is 20.8. The maximum atomic E-state index is 12.6. The van der Waals surface area contributed by atoms with Gasteiger partial charge in [0.1, 0.15) is 5.75 Å². The van der Waals surface area contributed by atoms with Crippen molar-refractivity contribution in [2.24, 2.45) is 0 Å². The molecule has 0 aliphatic heterocycles.